The van der Waals surface area contributed by atoms with Crippen molar-refractivity contribution in [3.8, 4) is 0 Å². The maximum atomic E-state index is 11.7. The summed E-state index contributed by atoms with van der Waals surface area (Å²) < 4.78 is 0.393. The molecule has 1 saturated heterocycles. The molecule has 0 unspecified atom stereocenters. The molecule has 16 heavy (non-hydrogen) atoms. The van der Waals surface area contributed by atoms with E-state index in [1.165, 1.54) is 11.8 Å². The predicted molar refractivity (Wildman–Crippen MR) is 70.4 cm³/mol. The van der Waals surface area contributed by atoms with Gasteiger partial charge in [0.25, 0.3) is 5.91 Å². The van der Waals surface area contributed by atoms with Crippen molar-refractivity contribution in [2.45, 2.75) is 6.92 Å². The number of hydrogen-bond acceptors (Lipinski definition) is 4. The van der Waals surface area contributed by atoms with E-state index in [1.54, 1.807) is 0 Å². The molecule has 0 bridgehead atoms. The van der Waals surface area contributed by atoms with E-state index in [4.69, 9.17) is 18.1 Å². The third-order valence-electron chi connectivity index (χ3n) is 2.30. The second-order valence-electron chi connectivity index (χ2n) is 3.41. The minimum Gasteiger partial charge on any atom is -0.267 e. The van der Waals surface area contributed by atoms with Crippen LogP contribution in [0.15, 0.2) is 29.2 Å². The molecule has 0 saturated carbocycles. The van der Waals surface area contributed by atoms with E-state index in [0.29, 0.717) is 9.23 Å². The van der Waals surface area contributed by atoms with Crippen molar-refractivity contribution in [1.82, 2.24) is 5.01 Å². The van der Waals surface area contributed by atoms with E-state index >= 15 is 0 Å². The van der Waals surface area contributed by atoms with Crippen molar-refractivity contribution in [2.75, 3.05) is 0 Å². The van der Waals surface area contributed by atoms with Crippen LogP contribution in [-0.4, -0.2) is 15.2 Å². The lowest BCUT2D eigenvalue weighted by molar-refractivity contribution is -0.122. The van der Waals surface area contributed by atoms with Crippen LogP contribution in [-0.2, 0) is 4.79 Å². The molecule has 1 heterocycles. The maximum absolute atomic E-state index is 11.7. The van der Waals surface area contributed by atoms with Gasteiger partial charge in [-0.1, -0.05) is 48.2 Å². The Balaban J connectivity index is 2.37. The third kappa shape index (κ3) is 2.02. The van der Waals surface area contributed by atoms with Crippen molar-refractivity contribution in [3.63, 3.8) is 0 Å². The minimum absolute atomic E-state index is 0.238. The summed E-state index contributed by atoms with van der Waals surface area (Å²) in [5.74, 6) is 5.25. The lowest BCUT2D eigenvalue weighted by Gasteiger charge is -2.03. The highest BCUT2D eigenvalue weighted by atomic mass is 32.2. The molecule has 1 amide bonds. The first kappa shape index (κ1) is 11.3. The monoisotopic (exact) mass is 250 g/mol. The molecule has 82 valence electrons. The van der Waals surface area contributed by atoms with Crippen molar-refractivity contribution in [1.29, 1.82) is 0 Å². The number of thiocarbonyl (C=S) groups is 1. The van der Waals surface area contributed by atoms with E-state index in [9.17, 15) is 4.79 Å². The molecular weight excluding hydrogens is 240 g/mol. The van der Waals surface area contributed by atoms with E-state index < -0.39 is 0 Å². The molecule has 1 aromatic rings. The fourth-order valence-electron chi connectivity index (χ4n) is 1.37. The summed E-state index contributed by atoms with van der Waals surface area (Å²) >= 11 is 6.18. The van der Waals surface area contributed by atoms with E-state index in [1.807, 2.05) is 37.3 Å². The Kier molecular flexibility index (Phi) is 3.09. The summed E-state index contributed by atoms with van der Waals surface area (Å²) in [6, 6.07) is 7.84. The van der Waals surface area contributed by atoms with Gasteiger partial charge in [-0.15, -0.1) is 0 Å². The maximum Gasteiger partial charge on any atom is 0.280 e. The van der Waals surface area contributed by atoms with Crippen molar-refractivity contribution in [3.05, 3.63) is 40.3 Å². The highest BCUT2D eigenvalue weighted by molar-refractivity contribution is 8.26. The average Bonchev–Trinajstić information content (AvgIpc) is 2.50. The molecule has 0 aliphatic carbocycles. The molecule has 2 rings (SSSR count). The summed E-state index contributed by atoms with van der Waals surface area (Å²) in [6.45, 7) is 2.00. The van der Waals surface area contributed by atoms with Crippen molar-refractivity contribution >= 4 is 40.3 Å². The lowest BCUT2D eigenvalue weighted by atomic mass is 10.1. The molecule has 3 nitrogen and oxygen atoms in total. The quantitative estimate of drug-likeness (QED) is 0.359. The molecule has 1 fully saturated rings. The second-order valence-corrected chi connectivity index (χ2v) is 5.08. The van der Waals surface area contributed by atoms with E-state index in [-0.39, 0.29) is 5.91 Å². The third-order valence-corrected chi connectivity index (χ3v) is 3.63. The normalized spacial score (nSPS) is 18.6. The first-order chi connectivity index (χ1) is 7.59. The van der Waals surface area contributed by atoms with E-state index in [0.717, 1.165) is 16.1 Å². The van der Waals surface area contributed by atoms with Crippen LogP contribution in [0.5, 0.6) is 0 Å². The Hall–Kier alpha value is -1.17. The standard InChI is InChI=1S/C11H10N2OS2/c1-7-4-2-3-5-8(7)6-9-10(14)13(12)11(15)16-9/h2-6H,12H2,1H3/b9-6-. The molecule has 1 aliphatic rings. The summed E-state index contributed by atoms with van der Waals surface area (Å²) in [5.41, 5.74) is 2.13. The Labute approximate surface area is 103 Å². The molecule has 2 N–H and O–H groups in total. The zero-order valence-corrected chi connectivity index (χ0v) is 10.3. The number of benzene rings is 1. The number of aryl methyl sites for hydroxylation is 1. The first-order valence-electron chi connectivity index (χ1n) is 4.68. The summed E-state index contributed by atoms with van der Waals surface area (Å²) in [6.07, 6.45) is 1.82. The fourth-order valence-corrected chi connectivity index (χ4v) is 2.46. The number of hydrogen-bond donors (Lipinski definition) is 1. The summed E-state index contributed by atoms with van der Waals surface area (Å²) in [4.78, 5) is 12.2. The molecule has 1 aliphatic heterocycles. The molecule has 0 radical (unpaired) electrons. The van der Waals surface area contributed by atoms with E-state index in [2.05, 4.69) is 0 Å². The Morgan fingerprint density at radius 1 is 1.44 bits per heavy atom. The van der Waals surface area contributed by atoms with Gasteiger partial charge < -0.3 is 0 Å². The van der Waals surface area contributed by atoms with Crippen LogP contribution in [0.2, 0.25) is 0 Å². The molecule has 0 aromatic heterocycles. The second kappa shape index (κ2) is 4.37. The zero-order valence-electron chi connectivity index (χ0n) is 8.64. The van der Waals surface area contributed by atoms with Crippen LogP contribution in [0.1, 0.15) is 11.1 Å². The van der Waals surface area contributed by atoms with Crippen LogP contribution in [0.25, 0.3) is 6.08 Å². The SMILES string of the molecule is Cc1ccccc1/C=C1\SC(=S)N(N)C1=O. The predicted octanol–water partition coefficient (Wildman–Crippen LogP) is 2.07. The minimum atomic E-state index is -0.238. The van der Waals surface area contributed by atoms with Gasteiger partial charge in [0.1, 0.15) is 0 Å². The van der Waals surface area contributed by atoms with Gasteiger partial charge in [-0.3, -0.25) is 4.79 Å². The van der Waals surface area contributed by atoms with Crippen LogP contribution >= 0.6 is 24.0 Å². The number of thioether (sulfide) groups is 1. The largest absolute Gasteiger partial charge is 0.280 e. The highest BCUT2D eigenvalue weighted by Gasteiger charge is 2.29. The number of nitrogens with two attached hydrogens (primary N) is 1. The van der Waals surface area contributed by atoms with Crippen molar-refractivity contribution < 1.29 is 4.79 Å². The Bertz CT molecular complexity index is 497. The fraction of sp³-hybridized carbons (Fsp3) is 0.0909. The number of rotatable bonds is 1. The van der Waals surface area contributed by atoms with Crippen LogP contribution in [0.3, 0.4) is 0 Å². The number of carbonyl (C=O) groups is 1. The molecule has 1 aromatic carbocycles. The smallest absolute Gasteiger partial charge is 0.267 e. The Morgan fingerprint density at radius 3 is 2.69 bits per heavy atom. The number of carbonyl (C=O) groups excluding carboxylic acids is 1. The number of nitrogens with zero attached hydrogens (tertiary/aromatic N) is 1. The van der Waals surface area contributed by atoms with Crippen molar-refractivity contribution in [2.24, 2.45) is 5.84 Å². The van der Waals surface area contributed by atoms with Crippen LogP contribution in [0, 0.1) is 6.92 Å². The van der Waals surface area contributed by atoms with Gasteiger partial charge in [-0.25, -0.2) is 10.9 Å². The van der Waals surface area contributed by atoms with Gasteiger partial charge in [0.15, 0.2) is 4.32 Å². The number of hydrazine groups is 1. The topological polar surface area (TPSA) is 46.3 Å². The average molecular weight is 250 g/mol. The first-order valence-corrected chi connectivity index (χ1v) is 5.90. The Morgan fingerprint density at radius 2 is 2.12 bits per heavy atom. The van der Waals surface area contributed by atoms with Gasteiger partial charge in [0.05, 0.1) is 4.91 Å². The molecule has 0 spiro atoms. The van der Waals surface area contributed by atoms with Gasteiger partial charge in [0.2, 0.25) is 0 Å². The van der Waals surface area contributed by atoms with Gasteiger partial charge in [-0.2, -0.15) is 0 Å². The molecule has 0 atom stereocenters. The summed E-state index contributed by atoms with van der Waals surface area (Å²) in [7, 11) is 0. The highest BCUT2D eigenvalue weighted by Crippen LogP contribution is 2.30. The molecular formula is C11H10N2OS2. The van der Waals surface area contributed by atoms with Gasteiger partial charge in [-0.05, 0) is 24.1 Å². The number of amides is 1. The van der Waals surface area contributed by atoms with Gasteiger partial charge in [0, 0.05) is 0 Å². The van der Waals surface area contributed by atoms with Crippen LogP contribution in [0.4, 0.5) is 0 Å². The van der Waals surface area contributed by atoms with Gasteiger partial charge >= 0.3 is 0 Å². The molecule has 5 heteroatoms. The zero-order chi connectivity index (χ0) is 11.7. The lowest BCUT2D eigenvalue weighted by Crippen LogP contribution is -2.34. The van der Waals surface area contributed by atoms with Crippen LogP contribution < -0.4 is 5.84 Å². The summed E-state index contributed by atoms with van der Waals surface area (Å²) in [5, 5.41) is 1.00.